The van der Waals surface area contributed by atoms with Crippen molar-refractivity contribution in [3.05, 3.63) is 86.3 Å². The van der Waals surface area contributed by atoms with Gasteiger partial charge in [-0.1, -0.05) is 24.3 Å². The maximum Gasteiger partial charge on any atom is 0.332 e. The van der Waals surface area contributed by atoms with Gasteiger partial charge in [0.2, 0.25) is 5.91 Å². The van der Waals surface area contributed by atoms with Gasteiger partial charge in [-0.15, -0.1) is 11.3 Å². The minimum Gasteiger partial charge on any atom is -0.326 e. The van der Waals surface area contributed by atoms with Gasteiger partial charge in [0.25, 0.3) is 5.56 Å². The molecule has 0 saturated carbocycles. The molecular weight excluding hydrogens is 464 g/mol. The van der Waals surface area contributed by atoms with Crippen LogP contribution in [0.25, 0.3) is 21.4 Å². The lowest BCUT2D eigenvalue weighted by atomic mass is 10.1. The van der Waals surface area contributed by atoms with Crippen molar-refractivity contribution >= 4 is 44.3 Å². The molecule has 0 aliphatic rings. The van der Waals surface area contributed by atoms with Crippen LogP contribution in [-0.4, -0.2) is 29.6 Å². The van der Waals surface area contributed by atoms with E-state index in [0.29, 0.717) is 30.6 Å². The Morgan fingerprint density at radius 3 is 2.57 bits per heavy atom. The molecule has 35 heavy (non-hydrogen) atoms. The van der Waals surface area contributed by atoms with Gasteiger partial charge in [0.1, 0.15) is 0 Å². The Labute approximate surface area is 204 Å². The number of hydrogen-bond donors (Lipinski definition) is 1. The molecule has 0 radical (unpaired) electrons. The summed E-state index contributed by atoms with van der Waals surface area (Å²) in [5.74, 6) is -0.103. The third-order valence-corrected chi connectivity index (χ3v) is 6.99. The van der Waals surface area contributed by atoms with Gasteiger partial charge in [-0.3, -0.25) is 18.7 Å². The number of aryl methyl sites for hydroxylation is 2. The van der Waals surface area contributed by atoms with Crippen molar-refractivity contribution in [1.82, 2.24) is 23.7 Å². The molecule has 5 aromatic rings. The smallest absolute Gasteiger partial charge is 0.326 e. The van der Waals surface area contributed by atoms with Crippen molar-refractivity contribution in [3.63, 3.8) is 0 Å². The van der Waals surface area contributed by atoms with Crippen molar-refractivity contribution in [2.75, 3.05) is 5.32 Å². The van der Waals surface area contributed by atoms with E-state index in [-0.39, 0.29) is 5.91 Å². The van der Waals surface area contributed by atoms with Crippen molar-refractivity contribution in [2.24, 2.45) is 14.1 Å². The number of hydrogen-bond acceptors (Lipinski definition) is 6. The van der Waals surface area contributed by atoms with Gasteiger partial charge in [-0.05, 0) is 36.2 Å². The Hall–Kier alpha value is -4.05. The van der Waals surface area contributed by atoms with E-state index in [2.05, 4.69) is 21.4 Å². The zero-order valence-electron chi connectivity index (χ0n) is 19.4. The largest absolute Gasteiger partial charge is 0.332 e. The molecule has 0 atom stereocenters. The zero-order chi connectivity index (χ0) is 24.5. The summed E-state index contributed by atoms with van der Waals surface area (Å²) in [4.78, 5) is 45.9. The number of fused-ring (bicyclic) bond motifs is 2. The highest BCUT2D eigenvalue weighted by Crippen LogP contribution is 2.24. The van der Waals surface area contributed by atoms with Crippen LogP contribution in [0.3, 0.4) is 0 Å². The van der Waals surface area contributed by atoms with Crippen molar-refractivity contribution in [1.29, 1.82) is 0 Å². The number of imidazole rings is 1. The average Bonchev–Trinajstić information content (AvgIpc) is 3.46. The predicted octanol–water partition coefficient (Wildman–Crippen LogP) is 3.05. The SMILES string of the molecule is Cn1c(=O)c2c(ncn2CCCC(=O)Nc2ccc(Cc3nc4ccccc4s3)cc2)n(C)c1=O. The van der Waals surface area contributed by atoms with Gasteiger partial charge in [-0.2, -0.15) is 0 Å². The highest BCUT2D eigenvalue weighted by atomic mass is 32.1. The first-order chi connectivity index (χ1) is 16.9. The van der Waals surface area contributed by atoms with Gasteiger partial charge in [0.05, 0.1) is 21.6 Å². The minimum atomic E-state index is -0.418. The second kappa shape index (κ2) is 9.30. The standard InChI is InChI=1S/C25H24N6O3S/c1-29-23-22(24(33)30(2)25(29)34)31(15-26-23)13-5-8-20(32)27-17-11-9-16(10-12-17)14-21-28-18-6-3-4-7-19(18)35-21/h3-4,6-7,9-12,15H,5,8,13-14H2,1-2H3,(H,27,32). The molecular formula is C25H24N6O3S. The van der Waals surface area contributed by atoms with Crippen LogP contribution in [0.5, 0.6) is 0 Å². The maximum atomic E-state index is 12.5. The molecule has 0 unspecified atom stereocenters. The lowest BCUT2D eigenvalue weighted by Crippen LogP contribution is -2.37. The Kier molecular flexibility index (Phi) is 6.04. The molecule has 0 fully saturated rings. The van der Waals surface area contributed by atoms with Gasteiger partial charge in [0.15, 0.2) is 11.2 Å². The zero-order valence-corrected chi connectivity index (χ0v) is 20.2. The topological polar surface area (TPSA) is 104 Å². The third-order valence-electron chi connectivity index (χ3n) is 5.95. The van der Waals surface area contributed by atoms with Crippen LogP contribution in [0.4, 0.5) is 5.69 Å². The Balaban J connectivity index is 1.17. The number of carbonyl (C=O) groups excluding carboxylic acids is 1. The van der Waals surface area contributed by atoms with Crippen molar-refractivity contribution < 1.29 is 4.79 Å². The molecule has 1 N–H and O–H groups in total. The maximum absolute atomic E-state index is 12.5. The van der Waals surface area contributed by atoms with E-state index in [1.165, 1.54) is 22.6 Å². The molecule has 10 heteroatoms. The molecule has 0 bridgehead atoms. The molecule has 3 heterocycles. The average molecular weight is 489 g/mol. The predicted molar refractivity (Wildman–Crippen MR) is 137 cm³/mol. The lowest BCUT2D eigenvalue weighted by molar-refractivity contribution is -0.116. The van der Waals surface area contributed by atoms with E-state index in [9.17, 15) is 14.4 Å². The number of aromatic nitrogens is 5. The van der Waals surface area contributed by atoms with Gasteiger partial charge in [0, 0.05) is 39.2 Å². The summed E-state index contributed by atoms with van der Waals surface area (Å²) in [6.45, 7) is 0.443. The second-order valence-corrected chi connectivity index (χ2v) is 9.53. The van der Waals surface area contributed by atoms with E-state index < -0.39 is 11.2 Å². The van der Waals surface area contributed by atoms with Gasteiger partial charge in [-0.25, -0.2) is 14.8 Å². The first kappa shape index (κ1) is 22.7. The monoisotopic (exact) mass is 488 g/mol. The summed E-state index contributed by atoms with van der Waals surface area (Å²) in [7, 11) is 3.03. The number of rotatable bonds is 7. The fourth-order valence-corrected chi connectivity index (χ4v) is 5.08. The minimum absolute atomic E-state index is 0.103. The van der Waals surface area contributed by atoms with Crippen LogP contribution in [0.15, 0.2) is 64.4 Å². The Morgan fingerprint density at radius 2 is 1.80 bits per heavy atom. The number of nitrogens with zero attached hydrogens (tertiary/aromatic N) is 5. The van der Waals surface area contributed by atoms with Gasteiger partial charge < -0.3 is 9.88 Å². The van der Waals surface area contributed by atoms with Crippen LogP contribution in [0, 0.1) is 0 Å². The summed E-state index contributed by atoms with van der Waals surface area (Å²) >= 11 is 1.69. The molecule has 178 valence electrons. The van der Waals surface area contributed by atoms with Gasteiger partial charge >= 0.3 is 5.69 Å². The molecule has 2 aromatic carbocycles. The van der Waals surface area contributed by atoms with E-state index in [4.69, 9.17) is 0 Å². The normalized spacial score (nSPS) is 11.4. The molecule has 0 aliphatic carbocycles. The number of para-hydroxylation sites is 1. The van der Waals surface area contributed by atoms with Crippen LogP contribution >= 0.6 is 11.3 Å². The fraction of sp³-hybridized carbons (Fsp3) is 0.240. The highest BCUT2D eigenvalue weighted by molar-refractivity contribution is 7.18. The number of carbonyl (C=O) groups is 1. The van der Waals surface area contributed by atoms with Crippen LogP contribution in [0.1, 0.15) is 23.4 Å². The van der Waals surface area contributed by atoms with Crippen LogP contribution in [-0.2, 0) is 31.9 Å². The van der Waals surface area contributed by atoms with Crippen molar-refractivity contribution in [2.45, 2.75) is 25.8 Å². The molecule has 0 spiro atoms. The summed E-state index contributed by atoms with van der Waals surface area (Å²) in [5.41, 5.74) is 2.77. The second-order valence-electron chi connectivity index (χ2n) is 8.42. The summed E-state index contributed by atoms with van der Waals surface area (Å²) in [6.07, 6.45) is 3.10. The quantitative estimate of drug-likeness (QED) is 0.379. The molecule has 3 aromatic heterocycles. The highest BCUT2D eigenvalue weighted by Gasteiger charge is 2.14. The van der Waals surface area contributed by atoms with E-state index in [0.717, 1.165) is 32.8 Å². The first-order valence-corrected chi connectivity index (χ1v) is 12.1. The number of thiazole rings is 1. The first-order valence-electron chi connectivity index (χ1n) is 11.2. The fourth-order valence-electron chi connectivity index (χ4n) is 4.08. The van der Waals surface area contributed by atoms with Crippen molar-refractivity contribution in [3.8, 4) is 0 Å². The Morgan fingerprint density at radius 1 is 1.03 bits per heavy atom. The summed E-state index contributed by atoms with van der Waals surface area (Å²) in [5, 5.41) is 3.98. The molecule has 5 rings (SSSR count). The number of benzene rings is 2. The summed E-state index contributed by atoms with van der Waals surface area (Å²) in [6, 6.07) is 15.9. The Bertz CT molecular complexity index is 1630. The van der Waals surface area contributed by atoms with E-state index >= 15 is 0 Å². The van der Waals surface area contributed by atoms with Crippen LogP contribution < -0.4 is 16.6 Å². The third kappa shape index (κ3) is 4.52. The summed E-state index contributed by atoms with van der Waals surface area (Å²) < 4.78 is 5.29. The van der Waals surface area contributed by atoms with E-state index in [1.807, 2.05) is 42.5 Å². The molecule has 9 nitrogen and oxygen atoms in total. The molecule has 0 aliphatic heterocycles. The molecule has 1 amide bonds. The van der Waals surface area contributed by atoms with E-state index in [1.54, 1.807) is 23.0 Å². The molecule has 0 saturated heterocycles. The van der Waals surface area contributed by atoms with Crippen LogP contribution in [0.2, 0.25) is 0 Å². The number of nitrogens with one attached hydrogen (secondary N) is 1. The number of amides is 1. The number of anilines is 1. The lowest BCUT2D eigenvalue weighted by Gasteiger charge is -2.08.